The molecule has 0 bridgehead atoms. The van der Waals surface area contributed by atoms with Gasteiger partial charge in [0.25, 0.3) is 0 Å². The first-order chi connectivity index (χ1) is 11.5. The Labute approximate surface area is 136 Å². The number of nitro groups is 1. The summed E-state index contributed by atoms with van der Waals surface area (Å²) >= 11 is 0. The zero-order chi connectivity index (χ0) is 16.9. The van der Waals surface area contributed by atoms with Crippen LogP contribution in [0.5, 0.6) is 6.01 Å². The van der Waals surface area contributed by atoms with Crippen molar-refractivity contribution in [2.75, 3.05) is 11.4 Å². The molecule has 124 valence electrons. The van der Waals surface area contributed by atoms with Crippen molar-refractivity contribution in [3.8, 4) is 6.01 Å². The molecule has 1 aromatic heterocycles. The molecule has 9 nitrogen and oxygen atoms in total. The van der Waals surface area contributed by atoms with Crippen molar-refractivity contribution in [1.29, 1.82) is 0 Å². The third-order valence-electron chi connectivity index (χ3n) is 4.10. The Kier molecular flexibility index (Phi) is 2.99. The van der Waals surface area contributed by atoms with Gasteiger partial charge in [-0.2, -0.15) is 0 Å². The van der Waals surface area contributed by atoms with E-state index in [1.165, 1.54) is 11.1 Å². The van der Waals surface area contributed by atoms with E-state index >= 15 is 0 Å². The van der Waals surface area contributed by atoms with E-state index in [2.05, 4.69) is 4.98 Å². The van der Waals surface area contributed by atoms with Gasteiger partial charge in [0, 0.05) is 10.5 Å². The number of benzene rings is 1. The highest BCUT2D eigenvalue weighted by molar-refractivity contribution is 5.90. The molecular weight excluding hydrogens is 316 g/mol. The van der Waals surface area contributed by atoms with Gasteiger partial charge in [-0.15, -0.1) is 0 Å². The molecule has 0 aliphatic carbocycles. The maximum Gasteiger partial charge on any atom is 0.415 e. The van der Waals surface area contributed by atoms with Gasteiger partial charge in [0.1, 0.15) is 18.4 Å². The second-order valence-electron chi connectivity index (χ2n) is 6.09. The highest BCUT2D eigenvalue weighted by Gasteiger charge is 2.43. The molecule has 2 aliphatic heterocycles. The molecule has 2 aliphatic rings. The number of carbonyl (C=O) groups is 1. The Hall–Kier alpha value is -3.10. The van der Waals surface area contributed by atoms with Crippen LogP contribution in [0.3, 0.4) is 0 Å². The third kappa shape index (κ3) is 2.25. The zero-order valence-corrected chi connectivity index (χ0v) is 12.8. The summed E-state index contributed by atoms with van der Waals surface area (Å²) in [5.74, 6) is -0.255. The molecule has 9 heteroatoms. The first-order valence-corrected chi connectivity index (χ1v) is 7.38. The number of hydrogen-bond acceptors (Lipinski definition) is 6. The number of para-hydroxylation sites is 1. The zero-order valence-electron chi connectivity index (χ0n) is 12.8. The molecule has 0 fully saturated rings. The van der Waals surface area contributed by atoms with Crippen molar-refractivity contribution in [3.63, 3.8) is 0 Å². The molecule has 0 saturated heterocycles. The standard InChI is InChI=1S/C15H14N4O5/c1-15(8-17-6-12(19(21)22)16-13(17)24-15)9-18-11-5-3-2-4-10(11)7-23-14(18)20/h2-6H,7-9H2,1H3. The minimum absolute atomic E-state index is 0.183. The van der Waals surface area contributed by atoms with E-state index in [0.29, 0.717) is 6.54 Å². The predicted molar refractivity (Wildman–Crippen MR) is 81.9 cm³/mol. The number of anilines is 1. The van der Waals surface area contributed by atoms with Crippen LogP contribution in [0.25, 0.3) is 0 Å². The Balaban J connectivity index is 1.58. The van der Waals surface area contributed by atoms with Crippen LogP contribution in [-0.2, 0) is 17.9 Å². The molecule has 1 amide bonds. The fourth-order valence-corrected chi connectivity index (χ4v) is 3.06. The topological polar surface area (TPSA) is 99.7 Å². The molecule has 1 unspecified atom stereocenters. The van der Waals surface area contributed by atoms with Crippen molar-refractivity contribution in [2.24, 2.45) is 0 Å². The highest BCUT2D eigenvalue weighted by atomic mass is 16.6. The normalized spacial score (nSPS) is 21.7. The van der Waals surface area contributed by atoms with Gasteiger partial charge in [0.2, 0.25) is 0 Å². The quantitative estimate of drug-likeness (QED) is 0.631. The van der Waals surface area contributed by atoms with Gasteiger partial charge in [-0.05, 0) is 17.9 Å². The summed E-state index contributed by atoms with van der Waals surface area (Å²) in [7, 11) is 0. The monoisotopic (exact) mass is 330 g/mol. The molecule has 0 saturated carbocycles. The van der Waals surface area contributed by atoms with Gasteiger partial charge < -0.3 is 19.6 Å². The smallest absolute Gasteiger partial charge is 0.415 e. The molecule has 4 rings (SSSR count). The van der Waals surface area contributed by atoms with Gasteiger partial charge >= 0.3 is 17.9 Å². The third-order valence-corrected chi connectivity index (χ3v) is 4.10. The van der Waals surface area contributed by atoms with E-state index in [0.717, 1.165) is 11.3 Å². The van der Waals surface area contributed by atoms with Crippen LogP contribution in [0.4, 0.5) is 16.3 Å². The maximum absolute atomic E-state index is 12.2. The van der Waals surface area contributed by atoms with Crippen molar-refractivity contribution in [1.82, 2.24) is 9.55 Å². The summed E-state index contributed by atoms with van der Waals surface area (Å²) in [6.45, 7) is 2.68. The maximum atomic E-state index is 12.2. The lowest BCUT2D eigenvalue weighted by Crippen LogP contribution is -2.49. The lowest BCUT2D eigenvalue weighted by atomic mass is 10.0. The number of fused-ring (bicyclic) bond motifs is 2. The fraction of sp³-hybridized carbons (Fsp3) is 0.333. The van der Waals surface area contributed by atoms with E-state index in [-0.39, 0.29) is 25.0 Å². The van der Waals surface area contributed by atoms with Gasteiger partial charge in [-0.25, -0.2) is 4.79 Å². The molecule has 0 N–H and O–H groups in total. The van der Waals surface area contributed by atoms with Crippen LogP contribution in [0.2, 0.25) is 0 Å². The lowest BCUT2D eigenvalue weighted by molar-refractivity contribution is -0.389. The summed E-state index contributed by atoms with van der Waals surface area (Å²) in [5.41, 5.74) is 0.960. The molecule has 24 heavy (non-hydrogen) atoms. The number of amides is 1. The molecule has 3 heterocycles. The summed E-state index contributed by atoms with van der Waals surface area (Å²) in [4.78, 5) is 27.8. The summed E-state index contributed by atoms with van der Waals surface area (Å²) in [6.07, 6.45) is 0.900. The van der Waals surface area contributed by atoms with Gasteiger partial charge in [0.05, 0.1) is 18.8 Å². The van der Waals surface area contributed by atoms with Crippen LogP contribution in [0.1, 0.15) is 12.5 Å². The number of nitrogens with zero attached hydrogens (tertiary/aromatic N) is 4. The van der Waals surface area contributed by atoms with Crippen molar-refractivity contribution in [2.45, 2.75) is 25.7 Å². The minimum Gasteiger partial charge on any atom is -0.444 e. The molecule has 1 atom stereocenters. The first kappa shape index (κ1) is 14.5. The summed E-state index contributed by atoms with van der Waals surface area (Å²) in [6, 6.07) is 7.69. The number of hydrogen-bond donors (Lipinski definition) is 0. The highest BCUT2D eigenvalue weighted by Crippen LogP contribution is 2.34. The van der Waals surface area contributed by atoms with Crippen LogP contribution in [0.15, 0.2) is 30.5 Å². The Morgan fingerprint density at radius 2 is 2.21 bits per heavy atom. The number of rotatable bonds is 3. The van der Waals surface area contributed by atoms with E-state index in [4.69, 9.17) is 9.47 Å². The van der Waals surface area contributed by atoms with Crippen molar-refractivity contribution >= 4 is 17.6 Å². The predicted octanol–water partition coefficient (Wildman–Crippen LogP) is 2.10. The van der Waals surface area contributed by atoms with Gasteiger partial charge in [0.15, 0.2) is 0 Å². The largest absolute Gasteiger partial charge is 0.444 e. The average Bonchev–Trinajstić information content (AvgIpc) is 3.05. The number of carbonyl (C=O) groups excluding carboxylic acids is 1. The number of imidazole rings is 1. The van der Waals surface area contributed by atoms with E-state index in [1.807, 2.05) is 31.2 Å². The van der Waals surface area contributed by atoms with Crippen LogP contribution < -0.4 is 9.64 Å². The van der Waals surface area contributed by atoms with Crippen molar-refractivity contribution in [3.05, 3.63) is 46.1 Å². The van der Waals surface area contributed by atoms with Gasteiger partial charge in [-0.1, -0.05) is 18.2 Å². The second kappa shape index (κ2) is 4.95. The van der Waals surface area contributed by atoms with Crippen molar-refractivity contribution < 1.29 is 19.2 Å². The lowest BCUT2D eigenvalue weighted by Gasteiger charge is -2.34. The Morgan fingerprint density at radius 1 is 1.42 bits per heavy atom. The molecule has 0 radical (unpaired) electrons. The second-order valence-corrected chi connectivity index (χ2v) is 6.09. The number of cyclic esters (lactones) is 1. The Bertz CT molecular complexity index is 823. The SMILES string of the molecule is CC1(CN2C(=O)OCc3ccccc32)Cn2cc([N+](=O)[O-])nc2O1. The molecule has 0 spiro atoms. The van der Waals surface area contributed by atoms with Gasteiger partial charge in [-0.3, -0.25) is 9.47 Å². The molecular formula is C15H14N4O5. The minimum atomic E-state index is -0.749. The summed E-state index contributed by atoms with van der Waals surface area (Å²) < 4.78 is 12.6. The van der Waals surface area contributed by atoms with Crippen LogP contribution >= 0.6 is 0 Å². The molecule has 1 aromatic carbocycles. The Morgan fingerprint density at radius 3 is 2.96 bits per heavy atom. The number of ether oxygens (including phenoxy) is 2. The first-order valence-electron chi connectivity index (χ1n) is 7.38. The molecule has 2 aromatic rings. The van der Waals surface area contributed by atoms with Crippen LogP contribution in [-0.4, -0.2) is 32.7 Å². The fourth-order valence-electron chi connectivity index (χ4n) is 3.06. The van der Waals surface area contributed by atoms with E-state index < -0.39 is 16.6 Å². The summed E-state index contributed by atoms with van der Waals surface area (Å²) in [5, 5.41) is 10.8. The van der Waals surface area contributed by atoms with Crippen LogP contribution in [0, 0.1) is 10.1 Å². The number of aromatic nitrogens is 2. The van der Waals surface area contributed by atoms with E-state index in [1.54, 1.807) is 4.57 Å². The average molecular weight is 330 g/mol. The van der Waals surface area contributed by atoms with E-state index in [9.17, 15) is 14.9 Å².